The fourth-order valence-corrected chi connectivity index (χ4v) is 2.05. The quantitative estimate of drug-likeness (QED) is 0.739. The molecule has 4 nitrogen and oxygen atoms in total. The lowest BCUT2D eigenvalue weighted by atomic mass is 10.3. The van der Waals surface area contributed by atoms with Crippen LogP contribution in [0.5, 0.6) is 0 Å². The second-order valence-electron chi connectivity index (χ2n) is 4.30. The summed E-state index contributed by atoms with van der Waals surface area (Å²) in [4.78, 5) is 6.57. The summed E-state index contributed by atoms with van der Waals surface area (Å²) in [6.45, 7) is 4.77. The van der Waals surface area contributed by atoms with Gasteiger partial charge in [0, 0.05) is 6.54 Å². The molecule has 1 aliphatic heterocycles. The van der Waals surface area contributed by atoms with E-state index in [2.05, 4.69) is 15.2 Å². The molecule has 2 heterocycles. The summed E-state index contributed by atoms with van der Waals surface area (Å²) in [5.41, 5.74) is 6.57. The van der Waals surface area contributed by atoms with Crippen molar-refractivity contribution in [2.24, 2.45) is 0 Å². The normalized spacial score (nSPS) is 16.5. The van der Waals surface area contributed by atoms with Crippen molar-refractivity contribution in [1.82, 2.24) is 9.88 Å². The van der Waals surface area contributed by atoms with E-state index in [-0.39, 0.29) is 0 Å². The van der Waals surface area contributed by atoms with Crippen molar-refractivity contribution < 1.29 is 0 Å². The van der Waals surface area contributed by atoms with Crippen molar-refractivity contribution in [3.8, 4) is 0 Å². The number of rotatable bonds is 5. The first-order valence-corrected chi connectivity index (χ1v) is 6.02. The summed E-state index contributed by atoms with van der Waals surface area (Å²) in [6.07, 6.45) is 5.71. The molecule has 1 aromatic rings. The van der Waals surface area contributed by atoms with Crippen LogP contribution in [-0.4, -0.2) is 36.1 Å². The molecule has 0 spiro atoms. The van der Waals surface area contributed by atoms with Crippen LogP contribution in [0.25, 0.3) is 0 Å². The third-order valence-electron chi connectivity index (χ3n) is 2.97. The lowest BCUT2D eigenvalue weighted by molar-refractivity contribution is 0.337. The standard InChI is InChI=1S/C12H20N4/c13-12-5-4-11(10-15-12)14-6-3-9-16-7-1-2-8-16/h4-5,10,14H,1-3,6-9H2,(H2,13,15). The van der Waals surface area contributed by atoms with Gasteiger partial charge >= 0.3 is 0 Å². The molecule has 0 saturated carbocycles. The molecule has 1 aromatic heterocycles. The van der Waals surface area contributed by atoms with Gasteiger partial charge in [-0.1, -0.05) is 0 Å². The minimum absolute atomic E-state index is 0.572. The van der Waals surface area contributed by atoms with Crippen LogP contribution in [0.15, 0.2) is 18.3 Å². The lowest BCUT2D eigenvalue weighted by Crippen LogP contribution is -2.22. The van der Waals surface area contributed by atoms with E-state index >= 15 is 0 Å². The number of anilines is 2. The van der Waals surface area contributed by atoms with E-state index in [1.807, 2.05) is 12.1 Å². The van der Waals surface area contributed by atoms with Crippen molar-refractivity contribution in [3.63, 3.8) is 0 Å². The van der Waals surface area contributed by atoms with E-state index in [0.29, 0.717) is 5.82 Å². The molecule has 3 N–H and O–H groups in total. The maximum atomic E-state index is 5.52. The zero-order valence-corrected chi connectivity index (χ0v) is 9.65. The van der Waals surface area contributed by atoms with Gasteiger partial charge < -0.3 is 16.0 Å². The molecule has 2 rings (SSSR count). The Morgan fingerprint density at radius 2 is 2.12 bits per heavy atom. The highest BCUT2D eigenvalue weighted by Gasteiger charge is 2.09. The van der Waals surface area contributed by atoms with Crippen molar-refractivity contribution in [3.05, 3.63) is 18.3 Å². The molecular weight excluding hydrogens is 200 g/mol. The Labute approximate surface area is 96.8 Å². The fourth-order valence-electron chi connectivity index (χ4n) is 2.05. The van der Waals surface area contributed by atoms with E-state index in [1.165, 1.54) is 38.9 Å². The van der Waals surface area contributed by atoms with Crippen LogP contribution in [-0.2, 0) is 0 Å². The number of nitrogens with one attached hydrogen (secondary N) is 1. The number of nitrogen functional groups attached to an aromatic ring is 1. The molecule has 88 valence electrons. The summed E-state index contributed by atoms with van der Waals surface area (Å²) in [7, 11) is 0. The van der Waals surface area contributed by atoms with E-state index in [4.69, 9.17) is 5.73 Å². The van der Waals surface area contributed by atoms with Crippen molar-refractivity contribution in [2.45, 2.75) is 19.3 Å². The first-order valence-electron chi connectivity index (χ1n) is 6.02. The molecule has 0 unspecified atom stereocenters. The fraction of sp³-hybridized carbons (Fsp3) is 0.583. The third kappa shape index (κ3) is 3.38. The lowest BCUT2D eigenvalue weighted by Gasteiger charge is -2.14. The number of aromatic nitrogens is 1. The Morgan fingerprint density at radius 1 is 1.31 bits per heavy atom. The number of pyridine rings is 1. The average Bonchev–Trinajstić information content (AvgIpc) is 2.80. The van der Waals surface area contributed by atoms with Gasteiger partial charge in [0.25, 0.3) is 0 Å². The topological polar surface area (TPSA) is 54.2 Å². The second-order valence-corrected chi connectivity index (χ2v) is 4.30. The monoisotopic (exact) mass is 220 g/mol. The highest BCUT2D eigenvalue weighted by molar-refractivity contribution is 5.45. The minimum atomic E-state index is 0.572. The van der Waals surface area contributed by atoms with E-state index in [0.717, 1.165) is 12.2 Å². The third-order valence-corrected chi connectivity index (χ3v) is 2.97. The summed E-state index contributed by atoms with van der Waals surface area (Å²) >= 11 is 0. The van der Waals surface area contributed by atoms with E-state index < -0.39 is 0 Å². The molecule has 4 heteroatoms. The Morgan fingerprint density at radius 3 is 2.81 bits per heavy atom. The Balaban J connectivity index is 1.62. The minimum Gasteiger partial charge on any atom is -0.384 e. The van der Waals surface area contributed by atoms with Crippen LogP contribution in [0.2, 0.25) is 0 Å². The molecular formula is C12H20N4. The van der Waals surface area contributed by atoms with Crippen LogP contribution in [0.1, 0.15) is 19.3 Å². The first-order chi connectivity index (χ1) is 7.84. The summed E-state index contributed by atoms with van der Waals surface area (Å²) < 4.78 is 0. The van der Waals surface area contributed by atoms with Gasteiger partial charge in [-0.3, -0.25) is 0 Å². The maximum absolute atomic E-state index is 5.52. The molecule has 0 aromatic carbocycles. The van der Waals surface area contributed by atoms with Gasteiger partial charge in [-0.2, -0.15) is 0 Å². The number of hydrogen-bond donors (Lipinski definition) is 2. The molecule has 0 radical (unpaired) electrons. The molecule has 0 bridgehead atoms. The summed E-state index contributed by atoms with van der Waals surface area (Å²) in [5.74, 6) is 0.572. The highest BCUT2D eigenvalue weighted by Crippen LogP contribution is 2.09. The number of nitrogens with zero attached hydrogens (tertiary/aromatic N) is 2. The Kier molecular flexibility index (Phi) is 3.99. The summed E-state index contributed by atoms with van der Waals surface area (Å²) in [6, 6.07) is 3.79. The predicted octanol–water partition coefficient (Wildman–Crippen LogP) is 1.56. The van der Waals surface area contributed by atoms with Crippen molar-refractivity contribution >= 4 is 11.5 Å². The first kappa shape index (κ1) is 11.2. The van der Waals surface area contributed by atoms with E-state index in [1.54, 1.807) is 6.20 Å². The maximum Gasteiger partial charge on any atom is 0.123 e. The van der Waals surface area contributed by atoms with Crippen LogP contribution in [0.4, 0.5) is 11.5 Å². The zero-order valence-electron chi connectivity index (χ0n) is 9.65. The molecule has 0 amide bonds. The average molecular weight is 220 g/mol. The van der Waals surface area contributed by atoms with E-state index in [9.17, 15) is 0 Å². The Hall–Kier alpha value is -1.29. The summed E-state index contributed by atoms with van der Waals surface area (Å²) in [5, 5.41) is 3.35. The van der Waals surface area contributed by atoms with Gasteiger partial charge in [-0.25, -0.2) is 4.98 Å². The second kappa shape index (κ2) is 5.70. The molecule has 16 heavy (non-hydrogen) atoms. The Bertz CT molecular complexity index is 303. The zero-order chi connectivity index (χ0) is 11.2. The van der Waals surface area contributed by atoms with Gasteiger partial charge in [0.15, 0.2) is 0 Å². The van der Waals surface area contributed by atoms with Crippen LogP contribution < -0.4 is 11.1 Å². The van der Waals surface area contributed by atoms with Gasteiger partial charge in [0.2, 0.25) is 0 Å². The molecule has 1 fully saturated rings. The molecule has 0 atom stereocenters. The van der Waals surface area contributed by atoms with Gasteiger partial charge in [-0.05, 0) is 51.0 Å². The highest BCUT2D eigenvalue weighted by atomic mass is 15.1. The van der Waals surface area contributed by atoms with Crippen LogP contribution in [0, 0.1) is 0 Å². The van der Waals surface area contributed by atoms with Crippen molar-refractivity contribution in [1.29, 1.82) is 0 Å². The van der Waals surface area contributed by atoms with Crippen molar-refractivity contribution in [2.75, 3.05) is 37.2 Å². The number of nitrogens with two attached hydrogens (primary N) is 1. The SMILES string of the molecule is Nc1ccc(NCCCN2CCCC2)cn1. The molecule has 0 aliphatic carbocycles. The number of likely N-dealkylation sites (tertiary alicyclic amines) is 1. The van der Waals surface area contributed by atoms with Gasteiger partial charge in [0.05, 0.1) is 11.9 Å². The number of hydrogen-bond acceptors (Lipinski definition) is 4. The van der Waals surface area contributed by atoms with Gasteiger partial charge in [0.1, 0.15) is 5.82 Å². The van der Waals surface area contributed by atoms with Gasteiger partial charge in [-0.15, -0.1) is 0 Å². The van der Waals surface area contributed by atoms with Crippen LogP contribution >= 0.6 is 0 Å². The molecule has 1 saturated heterocycles. The smallest absolute Gasteiger partial charge is 0.123 e. The molecule has 1 aliphatic rings. The largest absolute Gasteiger partial charge is 0.384 e. The van der Waals surface area contributed by atoms with Crippen LogP contribution in [0.3, 0.4) is 0 Å². The predicted molar refractivity (Wildman–Crippen MR) is 67.4 cm³/mol.